The molecule has 8 heteroatoms. The average molecular weight is 407 g/mol. The molecule has 3 N–H and O–H groups in total. The maximum absolute atomic E-state index is 12.8. The summed E-state index contributed by atoms with van der Waals surface area (Å²) in [6, 6.07) is 13.5. The monoisotopic (exact) mass is 406 g/mol. The van der Waals surface area contributed by atoms with Crippen LogP contribution in [0.4, 0.5) is 5.69 Å². The molecule has 2 aromatic carbocycles. The summed E-state index contributed by atoms with van der Waals surface area (Å²) in [5, 5.41) is 12.4. The Balaban J connectivity index is 2.26. The molecule has 0 aliphatic heterocycles. The number of sulfonamides is 1. The summed E-state index contributed by atoms with van der Waals surface area (Å²) in [7, 11) is -3.89. The minimum Gasteiger partial charge on any atom is -0.478 e. The third-order valence-corrected chi connectivity index (χ3v) is 5.65. The van der Waals surface area contributed by atoms with E-state index in [1.165, 1.54) is 18.2 Å². The molecule has 0 fully saturated rings. The fourth-order valence-corrected chi connectivity index (χ4v) is 3.93. The van der Waals surface area contributed by atoms with Gasteiger partial charge in [0.2, 0.25) is 10.0 Å². The van der Waals surface area contributed by atoms with Crippen molar-refractivity contribution in [2.24, 2.45) is 0 Å². The van der Waals surface area contributed by atoms with E-state index in [-0.39, 0.29) is 23.0 Å². The van der Waals surface area contributed by atoms with Gasteiger partial charge in [-0.05, 0) is 44.0 Å². The van der Waals surface area contributed by atoms with Crippen molar-refractivity contribution in [2.45, 2.75) is 31.2 Å². The Bertz CT molecular complexity index is 885. The highest BCUT2D eigenvalue weighted by atomic mass is 32.2. The van der Waals surface area contributed by atoms with Crippen LogP contribution in [-0.4, -0.2) is 39.3 Å². The second kappa shape index (κ2) is 10.2. The van der Waals surface area contributed by atoms with Crippen LogP contribution in [0.5, 0.6) is 0 Å². The molecule has 0 saturated heterocycles. The third kappa shape index (κ3) is 6.05. The molecule has 0 heterocycles. The Morgan fingerprint density at radius 1 is 1.18 bits per heavy atom. The number of aromatic carboxylic acids is 1. The number of carboxylic acids is 1. The predicted molar refractivity (Wildman–Crippen MR) is 108 cm³/mol. The molecule has 0 amide bonds. The number of hydrogen-bond donors (Lipinski definition) is 3. The molecule has 152 valence electrons. The molecular formula is C20H26N2O5S. The fraction of sp³-hybridized carbons (Fsp3) is 0.350. The number of carbonyl (C=O) groups is 1. The van der Waals surface area contributed by atoms with E-state index < -0.39 is 16.0 Å². The van der Waals surface area contributed by atoms with Crippen LogP contribution in [0.2, 0.25) is 0 Å². The van der Waals surface area contributed by atoms with Crippen LogP contribution in [0.25, 0.3) is 0 Å². The number of hydrogen-bond acceptors (Lipinski definition) is 5. The van der Waals surface area contributed by atoms with Gasteiger partial charge in [-0.15, -0.1) is 0 Å². The first kappa shape index (κ1) is 21.9. The zero-order valence-electron chi connectivity index (χ0n) is 16.0. The van der Waals surface area contributed by atoms with Gasteiger partial charge in [0.15, 0.2) is 0 Å². The van der Waals surface area contributed by atoms with Crippen LogP contribution in [0.1, 0.15) is 42.2 Å². The zero-order valence-corrected chi connectivity index (χ0v) is 16.8. The second-order valence-corrected chi connectivity index (χ2v) is 7.98. The normalized spacial score (nSPS) is 12.5. The van der Waals surface area contributed by atoms with Gasteiger partial charge in [0.05, 0.1) is 11.3 Å². The van der Waals surface area contributed by atoms with Crippen molar-refractivity contribution in [3.63, 3.8) is 0 Å². The van der Waals surface area contributed by atoms with Crippen LogP contribution in [0.3, 0.4) is 0 Å². The van der Waals surface area contributed by atoms with Crippen molar-refractivity contribution in [1.29, 1.82) is 0 Å². The van der Waals surface area contributed by atoms with Gasteiger partial charge < -0.3 is 15.2 Å². The molecule has 0 aliphatic carbocycles. The van der Waals surface area contributed by atoms with Crippen molar-refractivity contribution in [2.75, 3.05) is 25.1 Å². The summed E-state index contributed by atoms with van der Waals surface area (Å²) in [4.78, 5) is 11.2. The molecule has 0 saturated carbocycles. The minimum absolute atomic E-state index is 0.0902. The number of rotatable bonds is 11. The fourth-order valence-electron chi connectivity index (χ4n) is 2.66. The summed E-state index contributed by atoms with van der Waals surface area (Å²) >= 11 is 0. The van der Waals surface area contributed by atoms with Gasteiger partial charge in [0.25, 0.3) is 0 Å². The lowest BCUT2D eigenvalue weighted by Gasteiger charge is -2.19. The topological polar surface area (TPSA) is 105 Å². The SMILES string of the molecule is CCOCCCNS(=O)(=O)c1cc(C(=O)O)ccc1N[C@H](C)c1ccccc1. The van der Waals surface area contributed by atoms with E-state index in [9.17, 15) is 18.3 Å². The third-order valence-electron chi connectivity index (χ3n) is 4.15. The first-order chi connectivity index (χ1) is 13.3. The van der Waals surface area contributed by atoms with E-state index in [4.69, 9.17) is 4.74 Å². The van der Waals surface area contributed by atoms with E-state index >= 15 is 0 Å². The number of nitrogens with one attached hydrogen (secondary N) is 2. The minimum atomic E-state index is -3.89. The molecule has 0 radical (unpaired) electrons. The molecule has 0 unspecified atom stereocenters. The van der Waals surface area contributed by atoms with E-state index in [1.807, 2.05) is 44.2 Å². The highest BCUT2D eigenvalue weighted by Gasteiger charge is 2.21. The van der Waals surface area contributed by atoms with Crippen molar-refractivity contribution in [3.8, 4) is 0 Å². The van der Waals surface area contributed by atoms with E-state index in [2.05, 4.69) is 10.0 Å². The molecule has 0 aromatic heterocycles. The molecule has 28 heavy (non-hydrogen) atoms. The van der Waals surface area contributed by atoms with Crippen molar-refractivity contribution >= 4 is 21.7 Å². The summed E-state index contributed by atoms with van der Waals surface area (Å²) in [6.45, 7) is 5.00. The lowest BCUT2D eigenvalue weighted by molar-refractivity contribution is 0.0696. The summed E-state index contributed by atoms with van der Waals surface area (Å²) in [5.74, 6) is -1.18. The smallest absolute Gasteiger partial charge is 0.335 e. The zero-order chi connectivity index (χ0) is 20.6. The molecule has 0 bridgehead atoms. The van der Waals surface area contributed by atoms with Gasteiger partial charge in [0.1, 0.15) is 4.90 Å². The van der Waals surface area contributed by atoms with Gasteiger partial charge >= 0.3 is 5.97 Å². The molecule has 2 aromatic rings. The lowest BCUT2D eigenvalue weighted by atomic mass is 10.1. The van der Waals surface area contributed by atoms with Gasteiger partial charge in [-0.3, -0.25) is 0 Å². The van der Waals surface area contributed by atoms with Gasteiger partial charge in [-0.1, -0.05) is 30.3 Å². The first-order valence-corrected chi connectivity index (χ1v) is 10.6. The van der Waals surface area contributed by atoms with E-state index in [0.717, 1.165) is 5.56 Å². The molecule has 2 rings (SSSR count). The predicted octanol–water partition coefficient (Wildman–Crippen LogP) is 3.26. The van der Waals surface area contributed by atoms with Crippen LogP contribution >= 0.6 is 0 Å². The highest BCUT2D eigenvalue weighted by molar-refractivity contribution is 7.89. The number of benzene rings is 2. The van der Waals surface area contributed by atoms with Crippen molar-refractivity contribution < 1.29 is 23.1 Å². The Labute approximate surface area is 165 Å². The maximum Gasteiger partial charge on any atom is 0.335 e. The quantitative estimate of drug-likeness (QED) is 0.495. The van der Waals surface area contributed by atoms with E-state index in [1.54, 1.807) is 0 Å². The Hall–Kier alpha value is -2.42. The Morgan fingerprint density at radius 3 is 2.54 bits per heavy atom. The number of anilines is 1. The Morgan fingerprint density at radius 2 is 1.89 bits per heavy atom. The average Bonchev–Trinajstić information content (AvgIpc) is 2.68. The standard InChI is InChI=1S/C20H26N2O5S/c1-3-27-13-7-12-21-28(25,26)19-14-17(20(23)24)10-11-18(19)22-15(2)16-8-5-4-6-9-16/h4-6,8-11,14-15,21-22H,3,7,12-13H2,1-2H3,(H,23,24)/t15-/m1/s1. The second-order valence-electron chi connectivity index (χ2n) is 6.24. The van der Waals surface area contributed by atoms with Gasteiger partial charge in [-0.25, -0.2) is 17.9 Å². The molecule has 7 nitrogen and oxygen atoms in total. The van der Waals surface area contributed by atoms with Crippen LogP contribution in [-0.2, 0) is 14.8 Å². The van der Waals surface area contributed by atoms with Crippen LogP contribution in [0, 0.1) is 0 Å². The summed E-state index contributed by atoms with van der Waals surface area (Å²) in [5.41, 5.74) is 1.24. The largest absolute Gasteiger partial charge is 0.478 e. The Kier molecular flexibility index (Phi) is 7.98. The maximum atomic E-state index is 12.8. The van der Waals surface area contributed by atoms with Gasteiger partial charge in [-0.2, -0.15) is 0 Å². The number of carboxylic acid groups (broad SMARTS) is 1. The molecule has 1 atom stereocenters. The molecule has 0 spiro atoms. The van der Waals surface area contributed by atoms with Crippen LogP contribution < -0.4 is 10.0 Å². The molecule has 0 aliphatic rings. The van der Waals surface area contributed by atoms with Crippen molar-refractivity contribution in [1.82, 2.24) is 4.72 Å². The van der Waals surface area contributed by atoms with E-state index in [0.29, 0.717) is 25.3 Å². The van der Waals surface area contributed by atoms with Crippen LogP contribution in [0.15, 0.2) is 53.4 Å². The first-order valence-electron chi connectivity index (χ1n) is 9.11. The van der Waals surface area contributed by atoms with Crippen molar-refractivity contribution in [3.05, 3.63) is 59.7 Å². The number of ether oxygens (including phenoxy) is 1. The summed E-state index contributed by atoms with van der Waals surface area (Å²) in [6.07, 6.45) is 0.523. The van der Waals surface area contributed by atoms with Gasteiger partial charge in [0, 0.05) is 25.8 Å². The highest BCUT2D eigenvalue weighted by Crippen LogP contribution is 2.27. The lowest BCUT2D eigenvalue weighted by Crippen LogP contribution is -2.27. The summed E-state index contributed by atoms with van der Waals surface area (Å²) < 4.78 is 33.3. The molecular weight excluding hydrogens is 380 g/mol.